The van der Waals surface area contributed by atoms with Crippen LogP contribution in [-0.2, 0) is 0 Å². The molecule has 2 rings (SSSR count). The van der Waals surface area contributed by atoms with E-state index in [0.717, 1.165) is 18.8 Å². The first-order chi connectivity index (χ1) is 9.11. The highest BCUT2D eigenvalue weighted by atomic mass is 15.3. The standard InChI is InChI=1S/C16H27N3/c1-4-13(2)18-9-11-19(12-10-18)14(3)15-5-7-16(17)8-6-15/h5-8,13-14H,4,9-12,17H2,1-3H3. The van der Waals surface area contributed by atoms with E-state index in [1.54, 1.807) is 0 Å². The van der Waals surface area contributed by atoms with E-state index >= 15 is 0 Å². The molecule has 0 saturated carbocycles. The average molecular weight is 261 g/mol. The van der Waals surface area contributed by atoms with E-state index in [0.29, 0.717) is 12.1 Å². The van der Waals surface area contributed by atoms with Crippen LogP contribution < -0.4 is 5.73 Å². The van der Waals surface area contributed by atoms with Gasteiger partial charge in [0.25, 0.3) is 0 Å². The minimum atomic E-state index is 0.486. The Bertz CT molecular complexity index is 379. The van der Waals surface area contributed by atoms with Crippen molar-refractivity contribution in [3.8, 4) is 0 Å². The van der Waals surface area contributed by atoms with E-state index in [4.69, 9.17) is 5.73 Å². The van der Waals surface area contributed by atoms with Gasteiger partial charge in [0, 0.05) is 44.0 Å². The Morgan fingerprint density at radius 1 is 1.00 bits per heavy atom. The van der Waals surface area contributed by atoms with Gasteiger partial charge >= 0.3 is 0 Å². The molecule has 0 spiro atoms. The van der Waals surface area contributed by atoms with Crippen molar-refractivity contribution in [2.75, 3.05) is 31.9 Å². The summed E-state index contributed by atoms with van der Waals surface area (Å²) in [5.74, 6) is 0. The highest BCUT2D eigenvalue weighted by Crippen LogP contribution is 2.23. The molecule has 2 N–H and O–H groups in total. The monoisotopic (exact) mass is 261 g/mol. The number of nitrogen functional groups attached to an aromatic ring is 1. The number of nitrogens with two attached hydrogens (primary N) is 1. The molecule has 0 aliphatic carbocycles. The van der Waals surface area contributed by atoms with Gasteiger partial charge in [0.2, 0.25) is 0 Å². The molecule has 1 fully saturated rings. The Morgan fingerprint density at radius 3 is 2.05 bits per heavy atom. The fourth-order valence-electron chi connectivity index (χ4n) is 2.81. The predicted octanol–water partition coefficient (Wildman–Crippen LogP) is 2.75. The number of hydrogen-bond acceptors (Lipinski definition) is 3. The molecule has 106 valence electrons. The molecule has 1 aromatic carbocycles. The molecule has 0 radical (unpaired) electrons. The molecular weight excluding hydrogens is 234 g/mol. The molecule has 2 atom stereocenters. The normalized spacial score (nSPS) is 21.2. The van der Waals surface area contributed by atoms with Gasteiger partial charge in [-0.2, -0.15) is 0 Å². The van der Waals surface area contributed by atoms with Crippen LogP contribution in [0.5, 0.6) is 0 Å². The van der Waals surface area contributed by atoms with Crippen molar-refractivity contribution in [2.24, 2.45) is 0 Å². The zero-order valence-electron chi connectivity index (χ0n) is 12.5. The SMILES string of the molecule is CCC(C)N1CCN(C(C)c2ccc(N)cc2)CC1. The molecule has 1 aliphatic heterocycles. The van der Waals surface area contributed by atoms with Crippen LogP contribution in [0.25, 0.3) is 0 Å². The summed E-state index contributed by atoms with van der Waals surface area (Å²) in [6.45, 7) is 11.6. The van der Waals surface area contributed by atoms with Crippen LogP contribution in [-0.4, -0.2) is 42.0 Å². The van der Waals surface area contributed by atoms with Gasteiger partial charge in [0.05, 0.1) is 0 Å². The summed E-state index contributed by atoms with van der Waals surface area (Å²) in [4.78, 5) is 5.18. The van der Waals surface area contributed by atoms with Crippen molar-refractivity contribution in [1.82, 2.24) is 9.80 Å². The molecule has 1 saturated heterocycles. The van der Waals surface area contributed by atoms with Gasteiger partial charge in [-0.05, 0) is 38.0 Å². The summed E-state index contributed by atoms with van der Waals surface area (Å²) in [5, 5.41) is 0. The number of hydrogen-bond donors (Lipinski definition) is 1. The van der Waals surface area contributed by atoms with Gasteiger partial charge in [-0.15, -0.1) is 0 Å². The van der Waals surface area contributed by atoms with Crippen LogP contribution in [0.2, 0.25) is 0 Å². The van der Waals surface area contributed by atoms with Crippen LogP contribution in [0.1, 0.15) is 38.8 Å². The van der Waals surface area contributed by atoms with Crippen molar-refractivity contribution in [1.29, 1.82) is 0 Å². The number of anilines is 1. The zero-order valence-corrected chi connectivity index (χ0v) is 12.5. The second-order valence-corrected chi connectivity index (χ2v) is 5.67. The minimum Gasteiger partial charge on any atom is -0.399 e. The minimum absolute atomic E-state index is 0.486. The van der Waals surface area contributed by atoms with Crippen LogP contribution in [0.4, 0.5) is 5.69 Å². The lowest BCUT2D eigenvalue weighted by atomic mass is 10.1. The molecule has 0 amide bonds. The molecule has 2 unspecified atom stereocenters. The largest absolute Gasteiger partial charge is 0.399 e. The average Bonchev–Trinajstić information content (AvgIpc) is 2.46. The Labute approximate surface area is 117 Å². The quantitative estimate of drug-likeness (QED) is 0.846. The summed E-state index contributed by atoms with van der Waals surface area (Å²) in [6, 6.07) is 9.51. The van der Waals surface area contributed by atoms with E-state index in [-0.39, 0.29) is 0 Å². The smallest absolute Gasteiger partial charge is 0.0320 e. The lowest BCUT2D eigenvalue weighted by Gasteiger charge is -2.40. The molecule has 3 heteroatoms. The van der Waals surface area contributed by atoms with Crippen molar-refractivity contribution >= 4 is 5.69 Å². The first-order valence-corrected chi connectivity index (χ1v) is 7.45. The molecule has 19 heavy (non-hydrogen) atoms. The summed E-state index contributed by atoms with van der Waals surface area (Å²) >= 11 is 0. The van der Waals surface area contributed by atoms with Gasteiger partial charge in [-0.25, -0.2) is 0 Å². The first kappa shape index (κ1) is 14.4. The lowest BCUT2D eigenvalue weighted by Crippen LogP contribution is -2.49. The topological polar surface area (TPSA) is 32.5 Å². The Hall–Kier alpha value is -1.06. The van der Waals surface area contributed by atoms with Gasteiger partial charge in [0.15, 0.2) is 0 Å². The van der Waals surface area contributed by atoms with Crippen molar-refractivity contribution in [3.05, 3.63) is 29.8 Å². The second kappa shape index (κ2) is 6.40. The third kappa shape index (κ3) is 3.48. The molecule has 1 aliphatic rings. The molecule has 3 nitrogen and oxygen atoms in total. The van der Waals surface area contributed by atoms with Gasteiger partial charge < -0.3 is 5.73 Å². The fourth-order valence-corrected chi connectivity index (χ4v) is 2.81. The zero-order chi connectivity index (χ0) is 13.8. The maximum absolute atomic E-state index is 5.75. The van der Waals surface area contributed by atoms with Crippen LogP contribution in [0, 0.1) is 0 Å². The summed E-state index contributed by atoms with van der Waals surface area (Å²) in [5.41, 5.74) is 7.96. The van der Waals surface area contributed by atoms with E-state index in [1.165, 1.54) is 25.1 Å². The molecule has 0 aromatic heterocycles. The van der Waals surface area contributed by atoms with Crippen LogP contribution >= 0.6 is 0 Å². The van der Waals surface area contributed by atoms with Crippen LogP contribution in [0.3, 0.4) is 0 Å². The number of rotatable bonds is 4. The predicted molar refractivity (Wildman–Crippen MR) is 82.2 cm³/mol. The number of nitrogens with zero attached hydrogens (tertiary/aromatic N) is 2. The summed E-state index contributed by atoms with van der Waals surface area (Å²) in [7, 11) is 0. The summed E-state index contributed by atoms with van der Waals surface area (Å²) < 4.78 is 0. The maximum atomic E-state index is 5.75. The van der Waals surface area contributed by atoms with E-state index < -0.39 is 0 Å². The van der Waals surface area contributed by atoms with Gasteiger partial charge in [0.1, 0.15) is 0 Å². The second-order valence-electron chi connectivity index (χ2n) is 5.67. The van der Waals surface area contributed by atoms with E-state index in [2.05, 4.69) is 42.7 Å². The number of benzene rings is 1. The third-order valence-corrected chi connectivity index (χ3v) is 4.53. The highest BCUT2D eigenvalue weighted by Gasteiger charge is 2.23. The summed E-state index contributed by atoms with van der Waals surface area (Å²) in [6.07, 6.45) is 1.24. The molecular formula is C16H27N3. The van der Waals surface area contributed by atoms with Crippen molar-refractivity contribution in [3.63, 3.8) is 0 Å². The molecule has 1 aromatic rings. The number of piperazine rings is 1. The fraction of sp³-hybridized carbons (Fsp3) is 0.625. The molecule has 0 bridgehead atoms. The van der Waals surface area contributed by atoms with Crippen molar-refractivity contribution < 1.29 is 0 Å². The van der Waals surface area contributed by atoms with E-state index in [1.807, 2.05) is 12.1 Å². The van der Waals surface area contributed by atoms with E-state index in [9.17, 15) is 0 Å². The molecule has 1 heterocycles. The Kier molecular flexibility index (Phi) is 4.83. The Morgan fingerprint density at radius 2 is 1.53 bits per heavy atom. The highest BCUT2D eigenvalue weighted by molar-refractivity contribution is 5.40. The first-order valence-electron chi connectivity index (χ1n) is 7.45. The lowest BCUT2D eigenvalue weighted by molar-refractivity contribution is 0.0773. The maximum Gasteiger partial charge on any atom is 0.0320 e. The van der Waals surface area contributed by atoms with Gasteiger partial charge in [-0.1, -0.05) is 19.1 Å². The van der Waals surface area contributed by atoms with Gasteiger partial charge in [-0.3, -0.25) is 9.80 Å². The van der Waals surface area contributed by atoms with Crippen LogP contribution in [0.15, 0.2) is 24.3 Å². The third-order valence-electron chi connectivity index (χ3n) is 4.53. The van der Waals surface area contributed by atoms with Crippen molar-refractivity contribution in [2.45, 2.75) is 39.3 Å². The Balaban J connectivity index is 1.92.